The number of hydrogen-bond donors (Lipinski definition) is 14. The van der Waals surface area contributed by atoms with Gasteiger partial charge in [-0.3, -0.25) is 9.59 Å². The van der Waals surface area contributed by atoms with Gasteiger partial charge in [0.1, 0.15) is 116 Å². The minimum Gasteiger partial charge on any atom is -0.394 e. The molecule has 346 valence electrons. The molecule has 0 aliphatic carbocycles. The van der Waals surface area contributed by atoms with Crippen molar-refractivity contribution < 1.29 is 118 Å². The first-order chi connectivity index (χ1) is 28.4. The Morgan fingerprint density at radius 2 is 0.850 bits per heavy atom. The van der Waals surface area contributed by atoms with E-state index in [4.69, 9.17) is 47.4 Å². The smallest absolute Gasteiger partial charge is 0.217 e. The predicted molar refractivity (Wildman–Crippen MR) is 185 cm³/mol. The summed E-state index contributed by atoms with van der Waals surface area (Å²) in [7, 11) is 0. The number of rotatable bonds is 8. The molecule has 6 saturated heterocycles. The third kappa shape index (κ3) is 9.46. The van der Waals surface area contributed by atoms with Gasteiger partial charge in [-0.05, 0) is 6.92 Å². The van der Waals surface area contributed by atoms with Crippen LogP contribution >= 0.6 is 0 Å². The van der Waals surface area contributed by atoms with E-state index in [-0.39, 0.29) is 0 Å². The van der Waals surface area contributed by atoms with Crippen LogP contribution in [0.5, 0.6) is 0 Å². The Bertz CT molecular complexity index is 1440. The van der Waals surface area contributed by atoms with Gasteiger partial charge in [-0.1, -0.05) is 0 Å². The molecule has 6 bridgehead atoms. The van der Waals surface area contributed by atoms with E-state index in [1.54, 1.807) is 0 Å². The maximum Gasteiger partial charge on any atom is 0.217 e. The van der Waals surface area contributed by atoms with Crippen LogP contribution in [0.2, 0.25) is 0 Å². The fraction of sp³-hybridized carbons (Fsp3) is 0.941. The van der Waals surface area contributed by atoms with E-state index in [1.165, 1.54) is 6.92 Å². The summed E-state index contributed by atoms with van der Waals surface area (Å²) in [6.07, 6.45) is -41.7. The first-order valence-corrected chi connectivity index (χ1v) is 19.4. The summed E-state index contributed by atoms with van der Waals surface area (Å²) >= 11 is 0. The number of nitrogens with one attached hydrogen (secondary N) is 2. The second-order valence-electron chi connectivity index (χ2n) is 15.5. The van der Waals surface area contributed by atoms with Crippen LogP contribution in [-0.4, -0.2) is 253 Å². The van der Waals surface area contributed by atoms with E-state index in [0.717, 1.165) is 13.8 Å². The standard InChI is InChI=1S/C34H56N2O24/c1-8-17(43)22(48)24(50)32(51-8)60-29-27-21(47)14(7-40)55-34(29)57-26-16(36-10(3)42)30(52-13(6-39)20(26)46)56-25-15(35-9(2)41)31(53-12(5-38)19(25)45)59-28-23(49)18(44)11(4-37)54-33(28)58-27/h8,11-34,37-40,43-50H,4-7H2,1-3H3,(H,35,41)(H,36,42)/t8-,11+,12+,13+,14+,15+,16+,17+,18-,19+,20+,21-,22+,23-,24-,25+,26+,27-,28-,29+,30+,31-,32-,33-,34-/m0/s1. The molecule has 26 heteroatoms. The number of aliphatic hydroxyl groups excluding tert-OH is 12. The molecule has 25 atom stereocenters. The van der Waals surface area contributed by atoms with Crippen molar-refractivity contribution in [2.24, 2.45) is 0 Å². The Morgan fingerprint density at radius 3 is 1.33 bits per heavy atom. The molecule has 6 fully saturated rings. The lowest BCUT2D eigenvalue weighted by Gasteiger charge is -2.51. The minimum atomic E-state index is -2.05. The highest BCUT2D eigenvalue weighted by Gasteiger charge is 2.59. The van der Waals surface area contributed by atoms with Crippen LogP contribution < -0.4 is 10.6 Å². The molecule has 14 N–H and O–H groups in total. The van der Waals surface area contributed by atoms with Gasteiger partial charge in [-0.2, -0.15) is 0 Å². The maximum absolute atomic E-state index is 12.8. The molecule has 6 rings (SSSR count). The third-order valence-electron chi connectivity index (χ3n) is 11.3. The predicted octanol–water partition coefficient (Wildman–Crippen LogP) is -9.56. The van der Waals surface area contributed by atoms with Crippen molar-refractivity contribution in [2.75, 3.05) is 26.4 Å². The summed E-state index contributed by atoms with van der Waals surface area (Å²) < 4.78 is 60.3. The summed E-state index contributed by atoms with van der Waals surface area (Å²) in [4.78, 5) is 25.5. The van der Waals surface area contributed by atoms with Gasteiger partial charge in [0.25, 0.3) is 0 Å². The van der Waals surface area contributed by atoms with Crippen LogP contribution in [0.4, 0.5) is 0 Å². The SMILES string of the molecule is CC(=O)N[C@H]1[C@@H]2O[C@@H]3[C@H](O[C@H]4[C@@H](O)[C@@H](CO)O[C@@H](O[C@H]5[C@H](O)[C@@H](CO)O[C@H](O[C@H]1[C@H](O)[C@@H](CO)O2)[C@@H]5NC(C)=O)[C@@H]4O[C@@H]1O[C@@H](C)[C@@H](O)[C@@H](O)[C@@H]1O)O[C@H](CO)[C@H](O)[C@@H]3O. The number of aliphatic hydroxyl groups is 12. The highest BCUT2D eigenvalue weighted by molar-refractivity contribution is 5.73. The molecule has 0 spiro atoms. The summed E-state index contributed by atoms with van der Waals surface area (Å²) in [5.74, 6) is -1.53. The Kier molecular flexibility index (Phi) is 15.7. The second kappa shape index (κ2) is 19.8. The maximum atomic E-state index is 12.8. The van der Waals surface area contributed by atoms with Crippen LogP contribution in [0, 0.1) is 0 Å². The second-order valence-corrected chi connectivity index (χ2v) is 15.5. The average Bonchev–Trinajstić information content (AvgIpc) is 3.20. The van der Waals surface area contributed by atoms with E-state index in [1.807, 2.05) is 0 Å². The van der Waals surface area contributed by atoms with Crippen molar-refractivity contribution >= 4 is 11.8 Å². The van der Waals surface area contributed by atoms with Crippen LogP contribution in [-0.2, 0) is 57.0 Å². The number of carbonyl (C=O) groups excluding carboxylic acids is 2. The lowest BCUT2D eigenvalue weighted by Crippen LogP contribution is -2.71. The Labute approximate surface area is 341 Å². The van der Waals surface area contributed by atoms with Crippen LogP contribution in [0.25, 0.3) is 0 Å². The molecule has 0 aromatic rings. The monoisotopic (exact) mass is 876 g/mol. The summed E-state index contributed by atoms with van der Waals surface area (Å²) in [6, 6.07) is -3.27. The zero-order chi connectivity index (χ0) is 43.9. The van der Waals surface area contributed by atoms with Crippen molar-refractivity contribution in [3.63, 3.8) is 0 Å². The van der Waals surface area contributed by atoms with Gasteiger partial charge in [0, 0.05) is 13.8 Å². The van der Waals surface area contributed by atoms with Crippen molar-refractivity contribution in [1.82, 2.24) is 10.6 Å². The van der Waals surface area contributed by atoms with Gasteiger partial charge in [0.2, 0.25) is 11.8 Å². The molecule has 0 aromatic heterocycles. The average molecular weight is 877 g/mol. The lowest BCUT2D eigenvalue weighted by molar-refractivity contribution is -0.405. The van der Waals surface area contributed by atoms with Gasteiger partial charge in [-0.25, -0.2) is 0 Å². The zero-order valence-electron chi connectivity index (χ0n) is 32.5. The Balaban J connectivity index is 1.54. The minimum absolute atomic E-state index is 0.761. The van der Waals surface area contributed by atoms with Crippen molar-refractivity contribution in [1.29, 1.82) is 0 Å². The summed E-state index contributed by atoms with van der Waals surface area (Å²) in [5.41, 5.74) is 0. The highest BCUT2D eigenvalue weighted by atomic mass is 16.8. The van der Waals surface area contributed by atoms with Crippen molar-refractivity contribution in [2.45, 2.75) is 174 Å². The van der Waals surface area contributed by atoms with E-state index in [9.17, 15) is 70.9 Å². The van der Waals surface area contributed by atoms with Crippen LogP contribution in [0.3, 0.4) is 0 Å². The highest BCUT2D eigenvalue weighted by Crippen LogP contribution is 2.39. The Hall–Kier alpha value is -1.94. The van der Waals surface area contributed by atoms with Gasteiger partial charge < -0.3 is 119 Å². The molecule has 6 heterocycles. The molecule has 60 heavy (non-hydrogen) atoms. The van der Waals surface area contributed by atoms with E-state index in [2.05, 4.69) is 10.6 Å². The fourth-order valence-electron chi connectivity index (χ4n) is 8.13. The first kappa shape index (κ1) is 47.5. The van der Waals surface area contributed by atoms with E-state index >= 15 is 0 Å². The first-order valence-electron chi connectivity index (χ1n) is 19.4. The largest absolute Gasteiger partial charge is 0.394 e. The molecular formula is C34H56N2O24. The molecular weight excluding hydrogens is 820 g/mol. The van der Waals surface area contributed by atoms with Gasteiger partial charge in [0.15, 0.2) is 31.5 Å². The molecule has 0 saturated carbocycles. The number of amides is 2. The molecule has 0 radical (unpaired) electrons. The Morgan fingerprint density at radius 1 is 0.450 bits per heavy atom. The van der Waals surface area contributed by atoms with E-state index in [0.29, 0.717) is 0 Å². The zero-order valence-corrected chi connectivity index (χ0v) is 32.5. The lowest BCUT2D eigenvalue weighted by atomic mass is 9.93. The fourth-order valence-corrected chi connectivity index (χ4v) is 8.13. The molecule has 6 aliphatic rings. The van der Waals surface area contributed by atoms with Gasteiger partial charge in [-0.15, -0.1) is 0 Å². The molecule has 2 amide bonds. The van der Waals surface area contributed by atoms with Crippen LogP contribution in [0.1, 0.15) is 20.8 Å². The quantitative estimate of drug-likeness (QED) is 0.108. The molecule has 26 nitrogen and oxygen atoms in total. The molecule has 0 aromatic carbocycles. The number of fused-ring (bicyclic) bond motifs is 7. The van der Waals surface area contributed by atoms with Gasteiger partial charge in [0.05, 0.1) is 32.5 Å². The third-order valence-corrected chi connectivity index (χ3v) is 11.3. The number of carbonyl (C=O) groups is 2. The van der Waals surface area contributed by atoms with E-state index < -0.39 is 192 Å². The van der Waals surface area contributed by atoms with Crippen molar-refractivity contribution in [3.05, 3.63) is 0 Å². The van der Waals surface area contributed by atoms with Crippen LogP contribution in [0.15, 0.2) is 0 Å². The molecule has 6 aliphatic heterocycles. The number of hydrogen-bond acceptors (Lipinski definition) is 24. The molecule has 0 unspecified atom stereocenters. The normalized spacial score (nSPS) is 51.3. The topological polar surface area (TPSA) is 393 Å². The van der Waals surface area contributed by atoms with Gasteiger partial charge >= 0.3 is 0 Å². The van der Waals surface area contributed by atoms with Crippen molar-refractivity contribution in [3.8, 4) is 0 Å². The summed E-state index contributed by atoms with van der Waals surface area (Å²) in [5, 5.41) is 136. The summed E-state index contributed by atoms with van der Waals surface area (Å²) in [6.45, 7) is -0.233. The number of ether oxygens (including phenoxy) is 10.